The summed E-state index contributed by atoms with van der Waals surface area (Å²) in [4.78, 5) is 2.69. The Labute approximate surface area is 135 Å². The minimum absolute atomic E-state index is 0.341. The van der Waals surface area contributed by atoms with E-state index in [1.807, 2.05) is 0 Å². The van der Waals surface area contributed by atoms with Gasteiger partial charge >= 0.3 is 0 Å². The summed E-state index contributed by atoms with van der Waals surface area (Å²) in [5, 5.41) is 3.68. The Hall–Kier alpha value is 0.230. The van der Waals surface area contributed by atoms with E-state index < -0.39 is 0 Å². The number of rotatable bonds is 6. The first-order valence-corrected chi connectivity index (χ1v) is 9.54. The summed E-state index contributed by atoms with van der Waals surface area (Å²) < 4.78 is 6.21. The fourth-order valence-corrected chi connectivity index (χ4v) is 4.43. The molecule has 0 amide bonds. The number of ether oxygens (including phenoxy) is 1. The summed E-state index contributed by atoms with van der Waals surface area (Å²) in [6.45, 7) is 17.1. The fourth-order valence-electron chi connectivity index (χ4n) is 3.29. The van der Waals surface area contributed by atoms with Gasteiger partial charge in [0.25, 0.3) is 0 Å². The van der Waals surface area contributed by atoms with Crippen molar-refractivity contribution < 1.29 is 4.74 Å². The third kappa shape index (κ3) is 5.74. The van der Waals surface area contributed by atoms with Gasteiger partial charge in [-0.3, -0.25) is 0 Å². The summed E-state index contributed by atoms with van der Waals surface area (Å²) in [6.07, 6.45) is 2.51. The molecule has 0 aromatic carbocycles. The van der Waals surface area contributed by atoms with Gasteiger partial charge in [0.05, 0.1) is 6.61 Å². The van der Waals surface area contributed by atoms with E-state index in [1.54, 1.807) is 0 Å². The van der Waals surface area contributed by atoms with Crippen molar-refractivity contribution in [3.8, 4) is 0 Å². The lowest BCUT2D eigenvalue weighted by Gasteiger charge is -2.34. The van der Waals surface area contributed by atoms with Crippen LogP contribution < -0.4 is 5.32 Å². The molecular weight excluding hydrogens is 280 g/mol. The van der Waals surface area contributed by atoms with E-state index in [2.05, 4.69) is 49.7 Å². The van der Waals surface area contributed by atoms with Crippen LogP contribution in [0.15, 0.2) is 0 Å². The van der Waals surface area contributed by atoms with Gasteiger partial charge < -0.3 is 15.0 Å². The maximum Gasteiger partial charge on any atom is 0.0547 e. The van der Waals surface area contributed by atoms with Crippen molar-refractivity contribution in [2.45, 2.75) is 45.3 Å². The molecule has 0 radical (unpaired) electrons. The first-order valence-electron chi connectivity index (χ1n) is 8.56. The standard InChI is InChI=1S/C17H34N2OS/c1-15(2)11-18-12-17(6-9-20-14-17)13-19-7-5-16(3,4)21-10-8-19/h15,18H,5-14H2,1-4H3. The number of nitrogens with one attached hydrogen (secondary N) is 1. The molecule has 2 aliphatic rings. The topological polar surface area (TPSA) is 24.5 Å². The van der Waals surface area contributed by atoms with Crippen LogP contribution >= 0.6 is 11.8 Å². The highest BCUT2D eigenvalue weighted by Gasteiger charge is 2.37. The molecule has 2 saturated heterocycles. The minimum atomic E-state index is 0.341. The van der Waals surface area contributed by atoms with Crippen LogP contribution in [-0.4, -0.2) is 61.3 Å². The minimum Gasteiger partial charge on any atom is -0.381 e. The van der Waals surface area contributed by atoms with E-state index >= 15 is 0 Å². The molecule has 0 aromatic rings. The first-order chi connectivity index (χ1) is 9.91. The highest BCUT2D eigenvalue weighted by Crippen LogP contribution is 2.34. The van der Waals surface area contributed by atoms with Gasteiger partial charge in [0.1, 0.15) is 0 Å². The van der Waals surface area contributed by atoms with Crippen LogP contribution in [0.3, 0.4) is 0 Å². The Bertz CT molecular complexity index is 314. The van der Waals surface area contributed by atoms with Crippen LogP contribution in [0.25, 0.3) is 0 Å². The molecule has 21 heavy (non-hydrogen) atoms. The molecule has 1 N–H and O–H groups in total. The zero-order chi connectivity index (χ0) is 15.3. The van der Waals surface area contributed by atoms with Crippen molar-refractivity contribution in [2.75, 3.05) is 51.7 Å². The molecule has 4 heteroatoms. The smallest absolute Gasteiger partial charge is 0.0547 e. The summed E-state index contributed by atoms with van der Waals surface area (Å²) in [5.41, 5.74) is 0.341. The van der Waals surface area contributed by atoms with Crippen molar-refractivity contribution in [3.05, 3.63) is 0 Å². The lowest BCUT2D eigenvalue weighted by Crippen LogP contribution is -2.46. The molecule has 2 aliphatic heterocycles. The highest BCUT2D eigenvalue weighted by molar-refractivity contribution is 8.00. The van der Waals surface area contributed by atoms with Crippen LogP contribution in [0.4, 0.5) is 0 Å². The molecule has 0 spiro atoms. The maximum absolute atomic E-state index is 5.76. The lowest BCUT2D eigenvalue weighted by molar-refractivity contribution is 0.110. The summed E-state index contributed by atoms with van der Waals surface area (Å²) in [5.74, 6) is 1.99. The van der Waals surface area contributed by atoms with Crippen LogP contribution in [0, 0.1) is 11.3 Å². The van der Waals surface area contributed by atoms with Crippen LogP contribution in [-0.2, 0) is 4.74 Å². The second-order valence-electron chi connectivity index (χ2n) is 7.96. The molecule has 3 nitrogen and oxygen atoms in total. The average molecular weight is 315 g/mol. The Balaban J connectivity index is 1.87. The number of hydrogen-bond acceptors (Lipinski definition) is 4. The summed E-state index contributed by atoms with van der Waals surface area (Å²) in [6, 6.07) is 0. The molecule has 0 bridgehead atoms. The van der Waals surface area contributed by atoms with Gasteiger partial charge in [0, 0.05) is 42.2 Å². The SMILES string of the molecule is CC(C)CNCC1(CN2CCSC(C)(C)CC2)CCOC1. The van der Waals surface area contributed by atoms with Gasteiger partial charge in [-0.15, -0.1) is 0 Å². The van der Waals surface area contributed by atoms with Crippen LogP contribution in [0.5, 0.6) is 0 Å². The molecule has 0 aliphatic carbocycles. The quantitative estimate of drug-likeness (QED) is 0.815. The van der Waals surface area contributed by atoms with Gasteiger partial charge in [0.2, 0.25) is 0 Å². The zero-order valence-electron chi connectivity index (χ0n) is 14.4. The van der Waals surface area contributed by atoms with E-state index in [9.17, 15) is 0 Å². The second-order valence-corrected chi connectivity index (χ2v) is 9.76. The maximum atomic E-state index is 5.76. The van der Waals surface area contributed by atoms with Gasteiger partial charge in [0.15, 0.2) is 0 Å². The predicted molar refractivity (Wildman–Crippen MR) is 93.2 cm³/mol. The van der Waals surface area contributed by atoms with Crippen molar-refractivity contribution in [3.63, 3.8) is 0 Å². The zero-order valence-corrected chi connectivity index (χ0v) is 15.2. The summed E-state index contributed by atoms with van der Waals surface area (Å²) >= 11 is 2.14. The second kappa shape index (κ2) is 7.67. The monoisotopic (exact) mass is 314 g/mol. The van der Waals surface area contributed by atoms with Gasteiger partial charge in [-0.1, -0.05) is 27.7 Å². The molecule has 1 atom stereocenters. The van der Waals surface area contributed by atoms with Crippen LogP contribution in [0.1, 0.15) is 40.5 Å². The van der Waals surface area contributed by atoms with E-state index in [4.69, 9.17) is 4.74 Å². The van der Waals surface area contributed by atoms with Gasteiger partial charge in [-0.05, 0) is 31.8 Å². The molecule has 0 aromatic heterocycles. The third-order valence-corrected chi connectivity index (χ3v) is 6.10. The average Bonchev–Trinajstić information content (AvgIpc) is 2.77. The number of nitrogens with zero attached hydrogens (tertiary/aromatic N) is 1. The molecule has 2 rings (SSSR count). The van der Waals surface area contributed by atoms with Gasteiger partial charge in [-0.2, -0.15) is 11.8 Å². The van der Waals surface area contributed by atoms with Crippen molar-refractivity contribution in [1.29, 1.82) is 0 Å². The summed E-state index contributed by atoms with van der Waals surface area (Å²) in [7, 11) is 0. The molecule has 2 fully saturated rings. The fraction of sp³-hybridized carbons (Fsp3) is 1.00. The predicted octanol–water partition coefficient (Wildman–Crippen LogP) is 2.86. The number of thioether (sulfide) groups is 1. The van der Waals surface area contributed by atoms with E-state index in [-0.39, 0.29) is 0 Å². The lowest BCUT2D eigenvalue weighted by atomic mass is 9.86. The van der Waals surface area contributed by atoms with Crippen molar-refractivity contribution >= 4 is 11.8 Å². The molecule has 0 saturated carbocycles. The molecule has 1 unspecified atom stereocenters. The van der Waals surface area contributed by atoms with Crippen molar-refractivity contribution in [1.82, 2.24) is 10.2 Å². The Morgan fingerprint density at radius 1 is 1.24 bits per heavy atom. The molecule has 124 valence electrons. The normalized spacial score (nSPS) is 30.7. The Kier molecular flexibility index (Phi) is 6.42. The molecular formula is C17H34N2OS. The highest BCUT2D eigenvalue weighted by atomic mass is 32.2. The van der Waals surface area contributed by atoms with E-state index in [0.29, 0.717) is 10.2 Å². The van der Waals surface area contributed by atoms with Crippen LogP contribution in [0.2, 0.25) is 0 Å². The number of hydrogen-bond donors (Lipinski definition) is 1. The Morgan fingerprint density at radius 3 is 2.71 bits per heavy atom. The largest absolute Gasteiger partial charge is 0.381 e. The van der Waals surface area contributed by atoms with E-state index in [1.165, 1.54) is 38.2 Å². The van der Waals surface area contributed by atoms with Gasteiger partial charge in [-0.25, -0.2) is 0 Å². The van der Waals surface area contributed by atoms with E-state index in [0.717, 1.165) is 32.2 Å². The van der Waals surface area contributed by atoms with Crippen molar-refractivity contribution in [2.24, 2.45) is 11.3 Å². The Morgan fingerprint density at radius 2 is 2.05 bits per heavy atom. The third-order valence-electron chi connectivity index (χ3n) is 4.73. The molecule has 2 heterocycles. The first kappa shape index (κ1) is 17.6.